The van der Waals surface area contributed by atoms with Gasteiger partial charge >= 0.3 is 10.7 Å². The van der Waals surface area contributed by atoms with Crippen molar-refractivity contribution in [3.8, 4) is 11.4 Å². The smallest absolute Gasteiger partial charge is 0.442 e. The highest BCUT2D eigenvalue weighted by molar-refractivity contribution is 9.10. The lowest BCUT2D eigenvalue weighted by atomic mass is 10.3. The number of benzene rings is 2. The van der Waals surface area contributed by atoms with Gasteiger partial charge in [-0.3, -0.25) is 9.32 Å². The van der Waals surface area contributed by atoms with Crippen LogP contribution in [0.25, 0.3) is 5.69 Å². The Morgan fingerprint density at radius 1 is 1.23 bits per heavy atom. The molecule has 0 bridgehead atoms. The number of methoxy groups -OCH3 is 1. The Hall–Kier alpha value is -2.52. The third-order valence-corrected chi connectivity index (χ3v) is 4.96. The average molecular weight is 437 g/mol. The number of hydrogen-bond donors (Lipinski definition) is 2. The van der Waals surface area contributed by atoms with Crippen molar-refractivity contribution in [3.05, 3.63) is 63.4 Å². The molecule has 0 saturated heterocycles. The molecule has 26 heavy (non-hydrogen) atoms. The van der Waals surface area contributed by atoms with E-state index in [1.807, 2.05) is 12.1 Å². The minimum Gasteiger partial charge on any atom is -0.497 e. The standard InChI is InChI=1S/C17H14BrN3O4S/c1-24-14-8-6-13(7-9-14)21-16(17(23)25-20-21)26-10-15(22)19-12-4-2-11(18)3-5-12/h2-9H,10H2,1H3,(H-,19,20,22,23)/p+1. The van der Waals surface area contributed by atoms with Gasteiger partial charge in [0.25, 0.3) is 0 Å². The fourth-order valence-electron chi connectivity index (χ4n) is 2.15. The van der Waals surface area contributed by atoms with E-state index in [-0.39, 0.29) is 16.7 Å². The van der Waals surface area contributed by atoms with E-state index in [9.17, 15) is 9.59 Å². The summed E-state index contributed by atoms with van der Waals surface area (Å²) in [6, 6.07) is 14.3. The maximum absolute atomic E-state index is 12.1. The summed E-state index contributed by atoms with van der Waals surface area (Å²) in [7, 11) is 1.58. The van der Waals surface area contributed by atoms with E-state index in [4.69, 9.17) is 9.26 Å². The summed E-state index contributed by atoms with van der Waals surface area (Å²) >= 11 is 4.43. The van der Waals surface area contributed by atoms with Crippen LogP contribution in [0.4, 0.5) is 5.69 Å². The first-order chi connectivity index (χ1) is 12.6. The number of H-pyrrole nitrogens is 1. The Morgan fingerprint density at radius 2 is 1.92 bits per heavy atom. The Labute approximate surface area is 161 Å². The van der Waals surface area contributed by atoms with Gasteiger partial charge in [0.05, 0.1) is 12.9 Å². The zero-order chi connectivity index (χ0) is 18.5. The predicted octanol–water partition coefficient (Wildman–Crippen LogP) is 2.75. The summed E-state index contributed by atoms with van der Waals surface area (Å²) in [6.45, 7) is 0. The second-order valence-electron chi connectivity index (χ2n) is 5.16. The number of thioether (sulfide) groups is 1. The van der Waals surface area contributed by atoms with Crippen LogP contribution in [0.3, 0.4) is 0 Å². The third kappa shape index (κ3) is 4.36. The lowest BCUT2D eigenvalue weighted by Crippen LogP contribution is -2.36. The molecule has 3 rings (SSSR count). The van der Waals surface area contributed by atoms with Gasteiger partial charge in [0.1, 0.15) is 5.75 Å². The van der Waals surface area contributed by atoms with Crippen molar-refractivity contribution >= 4 is 39.3 Å². The van der Waals surface area contributed by atoms with Gasteiger partial charge < -0.3 is 10.1 Å². The van der Waals surface area contributed by atoms with Gasteiger partial charge in [0.15, 0.2) is 0 Å². The first kappa shape index (κ1) is 18.3. The Bertz CT molecular complexity index is 951. The molecule has 0 radical (unpaired) electrons. The number of halogens is 1. The van der Waals surface area contributed by atoms with Gasteiger partial charge in [-0.05, 0) is 58.1 Å². The zero-order valence-electron chi connectivity index (χ0n) is 13.7. The number of aromatic nitrogens is 2. The van der Waals surface area contributed by atoms with Crippen LogP contribution < -0.4 is 20.4 Å². The normalized spacial score (nSPS) is 10.5. The second-order valence-corrected chi connectivity index (χ2v) is 7.04. The topological polar surface area (TPSA) is 88.2 Å². The first-order valence-corrected chi connectivity index (χ1v) is 9.31. The molecule has 2 N–H and O–H groups in total. The molecular weight excluding hydrogens is 422 g/mol. The van der Waals surface area contributed by atoms with Gasteiger partial charge in [0.2, 0.25) is 11.6 Å². The van der Waals surface area contributed by atoms with Crippen LogP contribution in [-0.2, 0) is 4.79 Å². The largest absolute Gasteiger partial charge is 0.497 e. The molecule has 2 aromatic carbocycles. The summed E-state index contributed by atoms with van der Waals surface area (Å²) in [5, 5.41) is 5.59. The predicted molar refractivity (Wildman–Crippen MR) is 101 cm³/mol. The van der Waals surface area contributed by atoms with Crippen LogP contribution in [0.1, 0.15) is 0 Å². The molecule has 1 amide bonds. The van der Waals surface area contributed by atoms with Crippen molar-refractivity contribution in [3.63, 3.8) is 0 Å². The number of amides is 1. The lowest BCUT2D eigenvalue weighted by Gasteiger charge is -2.03. The zero-order valence-corrected chi connectivity index (χ0v) is 16.1. The fourth-order valence-corrected chi connectivity index (χ4v) is 3.19. The van der Waals surface area contributed by atoms with Crippen molar-refractivity contribution in [1.82, 2.24) is 5.27 Å². The molecule has 7 nitrogen and oxygen atoms in total. The van der Waals surface area contributed by atoms with E-state index >= 15 is 0 Å². The van der Waals surface area contributed by atoms with Crippen LogP contribution in [0.2, 0.25) is 0 Å². The highest BCUT2D eigenvalue weighted by atomic mass is 79.9. The van der Waals surface area contributed by atoms with E-state index < -0.39 is 5.63 Å². The average Bonchev–Trinajstić information content (AvgIpc) is 3.02. The molecule has 1 heterocycles. The van der Waals surface area contributed by atoms with Crippen LogP contribution >= 0.6 is 27.7 Å². The van der Waals surface area contributed by atoms with Gasteiger partial charge in [-0.1, -0.05) is 15.9 Å². The van der Waals surface area contributed by atoms with Crippen LogP contribution in [0.15, 0.2) is 67.3 Å². The minimum absolute atomic E-state index is 0.0643. The quantitative estimate of drug-likeness (QED) is 0.458. The van der Waals surface area contributed by atoms with E-state index in [1.54, 1.807) is 43.5 Å². The van der Waals surface area contributed by atoms with Gasteiger partial charge in [-0.2, -0.15) is 0 Å². The molecule has 9 heteroatoms. The summed E-state index contributed by atoms with van der Waals surface area (Å²) in [4.78, 5) is 24.1. The van der Waals surface area contributed by atoms with E-state index in [1.165, 1.54) is 4.68 Å². The van der Waals surface area contributed by atoms with Crippen LogP contribution in [0.5, 0.6) is 5.75 Å². The summed E-state index contributed by atoms with van der Waals surface area (Å²) in [5.74, 6) is 0.539. The van der Waals surface area contributed by atoms with Crippen LogP contribution in [0, 0.1) is 0 Å². The number of hydrogen-bond acceptors (Lipinski definition) is 5. The summed E-state index contributed by atoms with van der Waals surface area (Å²) in [5.41, 5.74) is 0.831. The number of anilines is 1. The molecule has 3 aromatic rings. The number of carbonyl (C=O) groups excluding carboxylic acids is 1. The number of aromatic amines is 1. The summed E-state index contributed by atoms with van der Waals surface area (Å²) in [6.07, 6.45) is 0. The Kier molecular flexibility index (Phi) is 5.79. The molecule has 0 aliphatic carbocycles. The molecule has 0 fully saturated rings. The molecule has 0 spiro atoms. The SMILES string of the molecule is COc1ccc(-[n+]2[nH]oc(=O)c2SCC(=O)Nc2ccc(Br)cc2)cc1. The molecule has 0 atom stereocenters. The van der Waals surface area contributed by atoms with Crippen molar-refractivity contribution in [2.75, 3.05) is 18.2 Å². The van der Waals surface area contributed by atoms with Crippen LogP contribution in [-0.4, -0.2) is 24.0 Å². The molecule has 0 aliphatic heterocycles. The number of ether oxygens (including phenoxy) is 1. The molecule has 134 valence electrons. The maximum Gasteiger partial charge on any atom is 0.442 e. The van der Waals surface area contributed by atoms with E-state index in [2.05, 4.69) is 26.5 Å². The van der Waals surface area contributed by atoms with E-state index in [0.717, 1.165) is 16.2 Å². The van der Waals surface area contributed by atoms with Gasteiger partial charge in [0, 0.05) is 22.3 Å². The summed E-state index contributed by atoms with van der Waals surface area (Å²) < 4.78 is 12.4. The van der Waals surface area contributed by atoms with Gasteiger partial charge in [-0.15, -0.1) is 0 Å². The Balaban J connectivity index is 1.69. The lowest BCUT2D eigenvalue weighted by molar-refractivity contribution is -0.704. The molecule has 0 unspecified atom stereocenters. The van der Waals surface area contributed by atoms with Crippen molar-refractivity contribution < 1.29 is 18.7 Å². The molecule has 1 aromatic heterocycles. The van der Waals surface area contributed by atoms with Crippen molar-refractivity contribution in [2.45, 2.75) is 5.03 Å². The number of rotatable bonds is 6. The maximum atomic E-state index is 12.1. The number of nitrogens with zero attached hydrogens (tertiary/aromatic N) is 1. The third-order valence-electron chi connectivity index (χ3n) is 3.41. The second kappa shape index (κ2) is 8.24. The fraction of sp³-hybridized carbons (Fsp3) is 0.118. The number of carbonyl (C=O) groups is 1. The Morgan fingerprint density at radius 3 is 2.58 bits per heavy atom. The van der Waals surface area contributed by atoms with Crippen molar-refractivity contribution in [2.24, 2.45) is 0 Å². The molecule has 0 aliphatic rings. The monoisotopic (exact) mass is 436 g/mol. The minimum atomic E-state index is -0.540. The van der Waals surface area contributed by atoms with E-state index in [0.29, 0.717) is 17.1 Å². The molecule has 0 saturated carbocycles. The number of nitrogens with one attached hydrogen (secondary N) is 2. The van der Waals surface area contributed by atoms with Crippen molar-refractivity contribution in [1.29, 1.82) is 0 Å². The van der Waals surface area contributed by atoms with Gasteiger partial charge in [-0.25, -0.2) is 4.79 Å². The highest BCUT2D eigenvalue weighted by Crippen LogP contribution is 2.17. The molecular formula is C17H15BrN3O4S+. The highest BCUT2D eigenvalue weighted by Gasteiger charge is 2.25. The first-order valence-electron chi connectivity index (χ1n) is 7.53.